The highest BCUT2D eigenvalue weighted by molar-refractivity contribution is 5.72. The highest BCUT2D eigenvalue weighted by Gasteiger charge is 2.20. The summed E-state index contributed by atoms with van der Waals surface area (Å²) in [6.45, 7) is 1.29. The van der Waals surface area contributed by atoms with Crippen molar-refractivity contribution in [2.75, 3.05) is 13.2 Å². The molecular weight excluding hydrogens is 180 g/mol. The zero-order chi connectivity index (χ0) is 9.80. The van der Waals surface area contributed by atoms with E-state index in [1.807, 2.05) is 0 Å². The Hall–Kier alpha value is -0.770. The molecule has 14 heavy (non-hydrogen) atoms. The summed E-state index contributed by atoms with van der Waals surface area (Å²) < 4.78 is 11.0. The number of aliphatic imine (C=N–C) groups is 1. The van der Waals surface area contributed by atoms with Crippen LogP contribution < -0.4 is 5.73 Å². The number of rotatable bonds is 3. The molecule has 4 nitrogen and oxygen atoms in total. The number of amidine groups is 1. The van der Waals surface area contributed by atoms with E-state index in [-0.39, 0.29) is 6.10 Å². The van der Waals surface area contributed by atoms with Gasteiger partial charge in [0, 0.05) is 0 Å². The van der Waals surface area contributed by atoms with Crippen molar-refractivity contribution in [3.05, 3.63) is 0 Å². The Labute approximate surface area is 84.5 Å². The van der Waals surface area contributed by atoms with Crippen LogP contribution in [0.25, 0.3) is 0 Å². The molecule has 2 rings (SSSR count). The maximum Gasteiger partial charge on any atom is 0.282 e. The molecule has 2 N–H and O–H groups in total. The van der Waals surface area contributed by atoms with Gasteiger partial charge in [0.2, 0.25) is 0 Å². The van der Waals surface area contributed by atoms with E-state index < -0.39 is 0 Å². The Morgan fingerprint density at radius 2 is 2.14 bits per heavy atom. The van der Waals surface area contributed by atoms with E-state index >= 15 is 0 Å². The molecule has 4 heteroatoms. The van der Waals surface area contributed by atoms with E-state index in [0.717, 1.165) is 0 Å². The van der Waals surface area contributed by atoms with Crippen LogP contribution in [0.15, 0.2) is 4.99 Å². The van der Waals surface area contributed by atoms with Gasteiger partial charge in [0.1, 0.15) is 6.10 Å². The third-order valence-electron chi connectivity index (χ3n) is 2.81. The first-order valence-corrected chi connectivity index (χ1v) is 5.43. The minimum absolute atomic E-state index is 0.0527. The van der Waals surface area contributed by atoms with Crippen LogP contribution in [0.4, 0.5) is 0 Å². The minimum atomic E-state index is 0.0527. The Morgan fingerprint density at radius 1 is 1.36 bits per heavy atom. The van der Waals surface area contributed by atoms with Crippen LogP contribution in [-0.2, 0) is 9.47 Å². The van der Waals surface area contributed by atoms with Gasteiger partial charge in [0.15, 0.2) is 0 Å². The zero-order valence-electron chi connectivity index (χ0n) is 8.45. The van der Waals surface area contributed by atoms with Crippen molar-refractivity contribution in [2.24, 2.45) is 10.7 Å². The van der Waals surface area contributed by atoms with E-state index in [1.165, 1.54) is 32.1 Å². The standard InChI is InChI=1S/C10H18N2O2/c11-10-12-6-9(14-10)7-13-8-4-2-1-3-5-8/h8-9H,1-7H2,(H2,11,12). The molecule has 0 saturated heterocycles. The highest BCUT2D eigenvalue weighted by Crippen LogP contribution is 2.20. The molecule has 1 aliphatic carbocycles. The van der Waals surface area contributed by atoms with Crippen molar-refractivity contribution in [2.45, 2.75) is 44.3 Å². The van der Waals surface area contributed by atoms with E-state index in [4.69, 9.17) is 15.2 Å². The summed E-state index contributed by atoms with van der Waals surface area (Å²) in [6, 6.07) is 0.308. The van der Waals surface area contributed by atoms with Crippen molar-refractivity contribution in [3.8, 4) is 0 Å². The molecule has 1 saturated carbocycles. The van der Waals surface area contributed by atoms with Crippen molar-refractivity contribution < 1.29 is 9.47 Å². The molecule has 0 spiro atoms. The minimum Gasteiger partial charge on any atom is -0.458 e. The van der Waals surface area contributed by atoms with E-state index in [2.05, 4.69) is 4.99 Å². The van der Waals surface area contributed by atoms with Gasteiger partial charge in [-0.2, -0.15) is 0 Å². The molecule has 0 bridgehead atoms. The molecule has 1 heterocycles. The topological polar surface area (TPSA) is 56.8 Å². The maximum absolute atomic E-state index is 5.76. The summed E-state index contributed by atoms with van der Waals surface area (Å²) in [5.41, 5.74) is 5.41. The third-order valence-corrected chi connectivity index (χ3v) is 2.81. The summed E-state index contributed by atoms with van der Waals surface area (Å²) in [4.78, 5) is 3.97. The summed E-state index contributed by atoms with van der Waals surface area (Å²) in [7, 11) is 0. The van der Waals surface area contributed by atoms with Gasteiger partial charge >= 0.3 is 0 Å². The first kappa shape index (κ1) is 9.77. The fourth-order valence-electron chi connectivity index (χ4n) is 2.00. The second-order valence-electron chi connectivity index (χ2n) is 4.01. The lowest BCUT2D eigenvalue weighted by Crippen LogP contribution is -2.27. The average molecular weight is 198 g/mol. The molecule has 0 aromatic rings. The van der Waals surface area contributed by atoms with Crippen molar-refractivity contribution in [3.63, 3.8) is 0 Å². The predicted molar refractivity (Wildman–Crippen MR) is 54.2 cm³/mol. The highest BCUT2D eigenvalue weighted by atomic mass is 16.6. The number of hydrogen-bond acceptors (Lipinski definition) is 4. The Bertz CT molecular complexity index is 210. The van der Waals surface area contributed by atoms with Crippen molar-refractivity contribution in [1.29, 1.82) is 0 Å². The second kappa shape index (κ2) is 4.64. The zero-order valence-corrected chi connectivity index (χ0v) is 8.45. The molecule has 1 aliphatic heterocycles. The monoisotopic (exact) mass is 198 g/mol. The predicted octanol–water partition coefficient (Wildman–Crippen LogP) is 1.05. The fourth-order valence-corrected chi connectivity index (χ4v) is 2.00. The van der Waals surface area contributed by atoms with Crippen LogP contribution in [0.5, 0.6) is 0 Å². The van der Waals surface area contributed by atoms with Gasteiger partial charge in [-0.05, 0) is 12.8 Å². The summed E-state index contributed by atoms with van der Waals surface area (Å²) >= 11 is 0. The van der Waals surface area contributed by atoms with Crippen LogP contribution in [-0.4, -0.2) is 31.4 Å². The van der Waals surface area contributed by atoms with Crippen LogP contribution in [0.1, 0.15) is 32.1 Å². The van der Waals surface area contributed by atoms with Crippen LogP contribution in [0.2, 0.25) is 0 Å². The van der Waals surface area contributed by atoms with Crippen molar-refractivity contribution in [1.82, 2.24) is 0 Å². The van der Waals surface area contributed by atoms with Gasteiger partial charge in [-0.15, -0.1) is 0 Å². The molecule has 0 aromatic carbocycles. The summed E-state index contributed by atoms with van der Waals surface area (Å²) in [6.07, 6.45) is 6.84. The number of nitrogens with zero attached hydrogens (tertiary/aromatic N) is 1. The molecule has 80 valence electrons. The first-order valence-electron chi connectivity index (χ1n) is 5.43. The van der Waals surface area contributed by atoms with E-state index in [9.17, 15) is 0 Å². The number of nitrogens with two attached hydrogens (primary N) is 1. The van der Waals surface area contributed by atoms with Gasteiger partial charge in [-0.25, -0.2) is 4.99 Å². The molecule has 1 fully saturated rings. The van der Waals surface area contributed by atoms with Gasteiger partial charge in [0.05, 0.1) is 19.3 Å². The lowest BCUT2D eigenvalue weighted by atomic mass is 9.98. The molecule has 0 radical (unpaired) electrons. The van der Waals surface area contributed by atoms with E-state index in [0.29, 0.717) is 25.3 Å². The smallest absolute Gasteiger partial charge is 0.282 e. The summed E-state index contributed by atoms with van der Waals surface area (Å²) in [5.74, 6) is 0. The quantitative estimate of drug-likeness (QED) is 0.737. The molecule has 1 unspecified atom stereocenters. The SMILES string of the molecule is NC1=NCC(COC2CCCCC2)O1. The summed E-state index contributed by atoms with van der Waals surface area (Å²) in [5, 5.41) is 0. The normalized spacial score (nSPS) is 28.6. The second-order valence-corrected chi connectivity index (χ2v) is 4.01. The Morgan fingerprint density at radius 3 is 2.79 bits per heavy atom. The fraction of sp³-hybridized carbons (Fsp3) is 0.900. The largest absolute Gasteiger partial charge is 0.458 e. The van der Waals surface area contributed by atoms with Crippen LogP contribution in [0.3, 0.4) is 0 Å². The van der Waals surface area contributed by atoms with Gasteiger partial charge in [-0.3, -0.25) is 0 Å². The number of hydrogen-bond donors (Lipinski definition) is 1. The van der Waals surface area contributed by atoms with Crippen LogP contribution in [0, 0.1) is 0 Å². The molecular formula is C10H18N2O2. The van der Waals surface area contributed by atoms with E-state index in [1.54, 1.807) is 0 Å². The lowest BCUT2D eigenvalue weighted by Gasteiger charge is -2.23. The lowest BCUT2D eigenvalue weighted by molar-refractivity contribution is -0.0117. The number of ether oxygens (including phenoxy) is 2. The van der Waals surface area contributed by atoms with Crippen LogP contribution >= 0.6 is 0 Å². The molecule has 0 aromatic heterocycles. The average Bonchev–Trinajstić information content (AvgIpc) is 2.63. The Kier molecular flexibility index (Phi) is 3.24. The third kappa shape index (κ3) is 2.61. The molecule has 0 amide bonds. The molecule has 2 aliphatic rings. The van der Waals surface area contributed by atoms with Crippen molar-refractivity contribution >= 4 is 6.02 Å². The first-order chi connectivity index (χ1) is 6.84. The molecule has 1 atom stereocenters. The maximum atomic E-state index is 5.76. The van der Waals surface area contributed by atoms with Gasteiger partial charge in [0.25, 0.3) is 6.02 Å². The Balaban J connectivity index is 1.62. The van der Waals surface area contributed by atoms with Gasteiger partial charge in [-0.1, -0.05) is 19.3 Å². The van der Waals surface area contributed by atoms with Gasteiger partial charge < -0.3 is 15.2 Å².